The second-order valence-corrected chi connectivity index (χ2v) is 9.93. The fourth-order valence-corrected chi connectivity index (χ4v) is 5.01. The lowest BCUT2D eigenvalue weighted by molar-refractivity contribution is -0.147. The van der Waals surface area contributed by atoms with E-state index in [4.69, 9.17) is 16.3 Å². The van der Waals surface area contributed by atoms with Crippen molar-refractivity contribution >= 4 is 17.6 Å². The molecule has 1 fully saturated rings. The van der Waals surface area contributed by atoms with Crippen LogP contribution in [0.15, 0.2) is 48.5 Å². The van der Waals surface area contributed by atoms with Gasteiger partial charge < -0.3 is 20.1 Å². The molecule has 0 spiro atoms. The average molecular weight is 531 g/mol. The van der Waals surface area contributed by atoms with Crippen molar-refractivity contribution in [1.29, 1.82) is 0 Å². The molecular formula is C28H32ClFN2O5. The number of rotatable bonds is 11. The molecular weight excluding hydrogens is 499 g/mol. The third-order valence-corrected chi connectivity index (χ3v) is 7.54. The summed E-state index contributed by atoms with van der Waals surface area (Å²) in [5, 5.41) is 29.1. The maximum Gasteiger partial charge on any atom is 0.306 e. The molecule has 3 aromatic rings. The van der Waals surface area contributed by atoms with E-state index in [1.165, 1.54) is 22.8 Å². The van der Waals surface area contributed by atoms with Crippen molar-refractivity contribution < 1.29 is 29.2 Å². The monoisotopic (exact) mass is 530 g/mol. The second-order valence-electron chi connectivity index (χ2n) is 9.53. The molecule has 7 nitrogen and oxygen atoms in total. The van der Waals surface area contributed by atoms with Gasteiger partial charge in [0.2, 0.25) is 0 Å². The van der Waals surface area contributed by atoms with Crippen LogP contribution in [0.5, 0.6) is 17.5 Å². The van der Waals surface area contributed by atoms with Gasteiger partial charge in [-0.15, -0.1) is 0 Å². The van der Waals surface area contributed by atoms with Crippen LogP contribution in [0.4, 0.5) is 4.39 Å². The van der Waals surface area contributed by atoms with Crippen molar-refractivity contribution in [2.24, 2.45) is 5.92 Å². The van der Waals surface area contributed by atoms with Gasteiger partial charge in [0.25, 0.3) is 0 Å². The zero-order valence-corrected chi connectivity index (χ0v) is 21.7. The van der Waals surface area contributed by atoms with Gasteiger partial charge in [-0.3, -0.25) is 14.3 Å². The molecule has 1 saturated carbocycles. The number of carboxylic acids is 1. The molecule has 1 aromatic heterocycles. The first-order valence-electron chi connectivity index (χ1n) is 12.4. The summed E-state index contributed by atoms with van der Waals surface area (Å²) in [5.41, 5.74) is 2.85. The Balaban J connectivity index is 1.50. The minimum atomic E-state index is -0.780. The number of aliphatic carboxylic acids is 1. The molecule has 1 heterocycles. The van der Waals surface area contributed by atoms with Gasteiger partial charge in [0.1, 0.15) is 18.2 Å². The topological polar surface area (TPSA) is 95.2 Å². The van der Waals surface area contributed by atoms with Gasteiger partial charge in [0, 0.05) is 30.8 Å². The summed E-state index contributed by atoms with van der Waals surface area (Å²) in [6.07, 6.45) is 1.85. The molecule has 9 heteroatoms. The number of aryl methyl sites for hydroxylation is 1. The van der Waals surface area contributed by atoms with Crippen LogP contribution in [0.25, 0.3) is 0 Å². The van der Waals surface area contributed by atoms with E-state index in [-0.39, 0.29) is 41.4 Å². The van der Waals surface area contributed by atoms with E-state index in [9.17, 15) is 24.5 Å². The number of carboxylic acid groups (broad SMARTS) is 1. The van der Waals surface area contributed by atoms with Crippen LogP contribution in [0, 0.1) is 11.7 Å². The lowest BCUT2D eigenvalue weighted by Gasteiger charge is -2.44. The fourth-order valence-electron chi connectivity index (χ4n) is 4.89. The van der Waals surface area contributed by atoms with Gasteiger partial charge >= 0.3 is 5.97 Å². The largest absolute Gasteiger partial charge is 0.494 e. The number of aromatic nitrogens is 1. The predicted molar refractivity (Wildman–Crippen MR) is 139 cm³/mol. The molecule has 0 aliphatic heterocycles. The van der Waals surface area contributed by atoms with Crippen LogP contribution in [0.1, 0.15) is 49.4 Å². The van der Waals surface area contributed by atoms with E-state index >= 15 is 0 Å². The first kappa shape index (κ1) is 26.8. The van der Waals surface area contributed by atoms with Crippen molar-refractivity contribution in [2.75, 3.05) is 6.61 Å². The van der Waals surface area contributed by atoms with Crippen molar-refractivity contribution in [1.82, 2.24) is 9.47 Å². The Bertz CT molecular complexity index is 1240. The summed E-state index contributed by atoms with van der Waals surface area (Å²) in [4.78, 5) is 13.7. The SMILES string of the molecule is CCc1cc(CN(C2CC(C(=O)O)C2)[C@H](C)c2ccc(Cl)c(F)c2)ccc1OCCn1c(O)ccc1O. The average Bonchev–Trinajstić information content (AvgIpc) is 3.16. The lowest BCUT2D eigenvalue weighted by Crippen LogP contribution is -2.47. The Hall–Kier alpha value is -3.23. The zero-order valence-electron chi connectivity index (χ0n) is 20.9. The Morgan fingerprint density at radius 3 is 2.49 bits per heavy atom. The smallest absolute Gasteiger partial charge is 0.306 e. The Morgan fingerprint density at radius 2 is 1.86 bits per heavy atom. The Kier molecular flexibility index (Phi) is 8.29. The molecule has 4 rings (SSSR count). The quantitative estimate of drug-likeness (QED) is 0.292. The standard InChI is InChI=1S/C28H32ClFN2O5/c1-3-19-12-18(4-7-25(19)37-11-10-31-26(33)8-9-27(31)34)16-32(22-13-21(14-22)28(35)36)17(2)20-5-6-23(29)24(30)15-20/h4-9,12,15,17,21-22,33-34H,3,10-11,13-14,16H2,1-2H3,(H,35,36)/t17-,21?,22?/m1/s1. The third-order valence-electron chi connectivity index (χ3n) is 7.23. The lowest BCUT2D eigenvalue weighted by atomic mass is 9.78. The summed E-state index contributed by atoms with van der Waals surface area (Å²) in [7, 11) is 0. The van der Waals surface area contributed by atoms with E-state index in [0.29, 0.717) is 25.9 Å². The van der Waals surface area contributed by atoms with Crippen LogP contribution in [0.2, 0.25) is 5.02 Å². The summed E-state index contributed by atoms with van der Waals surface area (Å²) < 4.78 is 21.5. The number of halogens is 2. The molecule has 0 bridgehead atoms. The zero-order chi connectivity index (χ0) is 26.7. The predicted octanol–water partition coefficient (Wildman–Crippen LogP) is 5.76. The molecule has 1 aliphatic carbocycles. The maximum absolute atomic E-state index is 14.2. The van der Waals surface area contributed by atoms with Crippen molar-refractivity contribution in [3.63, 3.8) is 0 Å². The van der Waals surface area contributed by atoms with Crippen LogP contribution in [0.3, 0.4) is 0 Å². The van der Waals surface area contributed by atoms with Crippen LogP contribution in [-0.4, -0.2) is 43.4 Å². The van der Waals surface area contributed by atoms with E-state index < -0.39 is 11.8 Å². The second kappa shape index (κ2) is 11.4. The highest BCUT2D eigenvalue weighted by Crippen LogP contribution is 2.38. The highest BCUT2D eigenvalue weighted by molar-refractivity contribution is 6.30. The normalized spacial score (nSPS) is 18.0. The molecule has 37 heavy (non-hydrogen) atoms. The molecule has 0 saturated heterocycles. The number of carbonyl (C=O) groups is 1. The third kappa shape index (κ3) is 6.02. The van der Waals surface area contributed by atoms with Crippen molar-refractivity contribution in [3.8, 4) is 17.5 Å². The highest BCUT2D eigenvalue weighted by atomic mass is 35.5. The van der Waals surface area contributed by atoms with Crippen LogP contribution < -0.4 is 4.74 Å². The minimum Gasteiger partial charge on any atom is -0.494 e. The number of aromatic hydroxyl groups is 2. The molecule has 0 unspecified atom stereocenters. The van der Waals surface area contributed by atoms with E-state index in [0.717, 1.165) is 28.9 Å². The molecule has 1 aliphatic rings. The molecule has 2 aromatic carbocycles. The van der Waals surface area contributed by atoms with Crippen LogP contribution >= 0.6 is 11.6 Å². The molecule has 0 amide bonds. The first-order valence-corrected chi connectivity index (χ1v) is 12.8. The van der Waals surface area contributed by atoms with Gasteiger partial charge in [-0.05, 0) is 61.1 Å². The molecule has 198 valence electrons. The van der Waals surface area contributed by atoms with Gasteiger partial charge in [0.05, 0.1) is 17.5 Å². The van der Waals surface area contributed by atoms with E-state index in [2.05, 4.69) is 11.0 Å². The summed E-state index contributed by atoms with van der Waals surface area (Å²) in [6.45, 7) is 5.18. The van der Waals surface area contributed by atoms with E-state index in [1.54, 1.807) is 6.07 Å². The number of ether oxygens (including phenoxy) is 1. The summed E-state index contributed by atoms with van der Waals surface area (Å²) >= 11 is 5.89. The van der Waals surface area contributed by atoms with E-state index in [1.807, 2.05) is 32.0 Å². The Labute approximate surface area is 220 Å². The summed E-state index contributed by atoms with van der Waals surface area (Å²) in [5.74, 6) is -0.933. The number of benzene rings is 2. The van der Waals surface area contributed by atoms with Gasteiger partial charge in [0.15, 0.2) is 11.8 Å². The molecule has 1 atom stereocenters. The van der Waals surface area contributed by atoms with Crippen molar-refractivity contribution in [3.05, 3.63) is 76.1 Å². The Morgan fingerprint density at radius 1 is 1.16 bits per heavy atom. The fraction of sp³-hybridized carbons (Fsp3) is 0.393. The number of hydrogen-bond donors (Lipinski definition) is 3. The van der Waals surface area contributed by atoms with Crippen LogP contribution in [-0.2, 0) is 24.3 Å². The first-order chi connectivity index (χ1) is 17.7. The van der Waals surface area contributed by atoms with Gasteiger partial charge in [-0.1, -0.05) is 36.7 Å². The minimum absolute atomic E-state index is 0.0249. The van der Waals surface area contributed by atoms with Crippen molar-refractivity contribution in [2.45, 2.75) is 58.3 Å². The van der Waals surface area contributed by atoms with Gasteiger partial charge in [-0.25, -0.2) is 4.39 Å². The van der Waals surface area contributed by atoms with Gasteiger partial charge in [-0.2, -0.15) is 0 Å². The number of hydrogen-bond acceptors (Lipinski definition) is 5. The molecule has 3 N–H and O–H groups in total. The number of nitrogens with zero attached hydrogens (tertiary/aromatic N) is 2. The highest BCUT2D eigenvalue weighted by Gasteiger charge is 2.39. The molecule has 0 radical (unpaired) electrons. The summed E-state index contributed by atoms with van der Waals surface area (Å²) in [6, 6.07) is 13.6. The maximum atomic E-state index is 14.2.